The van der Waals surface area contributed by atoms with E-state index in [1.807, 2.05) is 6.92 Å². The van der Waals surface area contributed by atoms with Crippen molar-refractivity contribution in [2.75, 3.05) is 13.2 Å². The Morgan fingerprint density at radius 1 is 1.78 bits per heavy atom. The fraction of sp³-hybridized carbons (Fsp3) is 1.00. The molecular weight excluding hydrogens is 233 g/mol. The van der Waals surface area contributed by atoms with Gasteiger partial charge in [0.2, 0.25) is 0 Å². The van der Waals surface area contributed by atoms with Gasteiger partial charge in [0.05, 0.1) is 0 Å². The van der Waals surface area contributed by atoms with Crippen molar-refractivity contribution in [3.63, 3.8) is 0 Å². The zero-order valence-corrected chi connectivity index (χ0v) is 7.55. The molecule has 0 bridgehead atoms. The minimum atomic E-state index is -0.142. The molecule has 1 atom stereocenters. The minimum absolute atomic E-state index is 0.142. The van der Waals surface area contributed by atoms with Crippen LogP contribution in [0.5, 0.6) is 0 Å². The third-order valence-corrected chi connectivity index (χ3v) is 2.21. The predicted molar refractivity (Wildman–Crippen MR) is 31.9 cm³/mol. The molecule has 0 fully saturated rings. The van der Waals surface area contributed by atoms with Crippen LogP contribution in [0.3, 0.4) is 0 Å². The van der Waals surface area contributed by atoms with Gasteiger partial charge in [-0.15, -0.1) is 0 Å². The first-order valence-corrected chi connectivity index (χ1v) is 5.06. The Morgan fingerprint density at radius 2 is 2.44 bits per heavy atom. The molecule has 0 aromatic rings. The molecule has 0 saturated heterocycles. The molecule has 0 heterocycles. The Hall–Kier alpha value is 0.570. The van der Waals surface area contributed by atoms with Crippen molar-refractivity contribution in [3.05, 3.63) is 0 Å². The molecule has 0 aliphatic rings. The van der Waals surface area contributed by atoms with E-state index in [0.29, 0.717) is 6.54 Å². The standard InChI is InChI=1S/C4H13IN3O/c1-4(6)5-8-7-2-3-9/h4,7-9H,2-3,6H2,1H3/q-1. The van der Waals surface area contributed by atoms with Crippen molar-refractivity contribution in [1.29, 1.82) is 0 Å². The molecule has 0 saturated carbocycles. The number of hydrogen-bond acceptors (Lipinski definition) is 4. The van der Waals surface area contributed by atoms with E-state index in [1.165, 1.54) is 0 Å². The zero-order chi connectivity index (χ0) is 7.11. The summed E-state index contributed by atoms with van der Waals surface area (Å²) in [5, 5.41) is 8.31. The summed E-state index contributed by atoms with van der Waals surface area (Å²) in [5.74, 6) is 0. The Bertz CT molecular complexity index is 61.8. The van der Waals surface area contributed by atoms with E-state index in [0.717, 1.165) is 0 Å². The number of nitrogens with one attached hydrogen (secondary N) is 2. The molecule has 0 amide bonds. The van der Waals surface area contributed by atoms with Crippen molar-refractivity contribution in [3.8, 4) is 0 Å². The van der Waals surface area contributed by atoms with Gasteiger partial charge in [-0.05, 0) is 0 Å². The van der Waals surface area contributed by atoms with Gasteiger partial charge in [0, 0.05) is 0 Å². The van der Waals surface area contributed by atoms with Gasteiger partial charge in [-0.25, -0.2) is 0 Å². The van der Waals surface area contributed by atoms with Crippen molar-refractivity contribution in [2.24, 2.45) is 5.73 Å². The Labute approximate surface area is 65.8 Å². The fourth-order valence-corrected chi connectivity index (χ4v) is 1.21. The van der Waals surface area contributed by atoms with Crippen molar-refractivity contribution < 1.29 is 26.6 Å². The van der Waals surface area contributed by atoms with Gasteiger partial charge in [-0.2, -0.15) is 0 Å². The van der Waals surface area contributed by atoms with Crippen LogP contribution >= 0.6 is 0 Å². The van der Waals surface area contributed by atoms with E-state index >= 15 is 0 Å². The Morgan fingerprint density at radius 3 is 2.89 bits per heavy atom. The molecule has 0 spiro atoms. The average molecular weight is 246 g/mol. The molecule has 0 rings (SSSR count). The van der Waals surface area contributed by atoms with Gasteiger partial charge < -0.3 is 0 Å². The monoisotopic (exact) mass is 246 g/mol. The summed E-state index contributed by atoms with van der Waals surface area (Å²) >= 11 is -0.142. The van der Waals surface area contributed by atoms with E-state index in [4.69, 9.17) is 10.8 Å². The van der Waals surface area contributed by atoms with Crippen LogP contribution in [0.2, 0.25) is 0 Å². The normalized spacial score (nSPS) is 14.1. The molecule has 4 nitrogen and oxygen atoms in total. The molecule has 0 aliphatic heterocycles. The van der Waals surface area contributed by atoms with Gasteiger partial charge in [0.15, 0.2) is 0 Å². The molecule has 5 heteroatoms. The van der Waals surface area contributed by atoms with Crippen LogP contribution < -0.4 is 36.3 Å². The zero-order valence-electron chi connectivity index (χ0n) is 5.39. The first-order valence-electron chi connectivity index (χ1n) is 2.74. The third kappa shape index (κ3) is 8.57. The molecular formula is C4H13IN3O-. The predicted octanol–water partition coefficient (Wildman–Crippen LogP) is -4.62. The van der Waals surface area contributed by atoms with E-state index in [1.54, 1.807) is 0 Å². The van der Waals surface area contributed by atoms with Crippen molar-refractivity contribution in [1.82, 2.24) is 9.06 Å². The Balaban J connectivity index is 2.75. The van der Waals surface area contributed by atoms with Gasteiger partial charge in [-0.3, -0.25) is 0 Å². The van der Waals surface area contributed by atoms with Gasteiger partial charge in [0.25, 0.3) is 0 Å². The van der Waals surface area contributed by atoms with Crippen LogP contribution in [0.15, 0.2) is 0 Å². The first-order chi connectivity index (χ1) is 4.27. The summed E-state index contributed by atoms with van der Waals surface area (Å²) in [4.78, 5) is 0. The molecule has 58 valence electrons. The third-order valence-electron chi connectivity index (χ3n) is 0.530. The van der Waals surface area contributed by atoms with E-state index < -0.39 is 0 Å². The average Bonchev–Trinajstić information content (AvgIpc) is 1.80. The number of hydrazine groups is 1. The number of rotatable bonds is 5. The second kappa shape index (κ2) is 6.69. The van der Waals surface area contributed by atoms with Crippen molar-refractivity contribution >= 4 is 0 Å². The maximum absolute atomic E-state index is 8.31. The number of aliphatic hydroxyl groups excluding tert-OH is 1. The summed E-state index contributed by atoms with van der Waals surface area (Å²) in [5.41, 5.74) is 8.29. The van der Waals surface area contributed by atoms with Crippen LogP contribution in [0.25, 0.3) is 0 Å². The number of alkyl halides is 1. The summed E-state index contributed by atoms with van der Waals surface area (Å²) in [6.45, 7) is 2.71. The SMILES string of the molecule is CC(N)[I-]NNCCO. The van der Waals surface area contributed by atoms with E-state index in [2.05, 4.69) is 9.06 Å². The van der Waals surface area contributed by atoms with Gasteiger partial charge in [0.1, 0.15) is 0 Å². The maximum atomic E-state index is 8.31. The van der Waals surface area contributed by atoms with E-state index in [-0.39, 0.29) is 32.1 Å². The van der Waals surface area contributed by atoms with Crippen LogP contribution in [-0.2, 0) is 0 Å². The Kier molecular flexibility index (Phi) is 7.11. The topological polar surface area (TPSA) is 70.3 Å². The first kappa shape index (κ1) is 9.57. The number of nitrogens with two attached hydrogens (primary N) is 1. The molecule has 0 radical (unpaired) electrons. The van der Waals surface area contributed by atoms with E-state index in [9.17, 15) is 0 Å². The summed E-state index contributed by atoms with van der Waals surface area (Å²) < 4.78 is 3.22. The van der Waals surface area contributed by atoms with Crippen LogP contribution in [-0.4, -0.2) is 22.3 Å². The number of halogens is 1. The molecule has 0 aliphatic carbocycles. The summed E-state index contributed by atoms with van der Waals surface area (Å²) in [7, 11) is 0. The summed E-state index contributed by atoms with van der Waals surface area (Å²) in [6, 6.07) is 0. The second-order valence-corrected chi connectivity index (χ2v) is 4.66. The number of hydrogen-bond donors (Lipinski definition) is 4. The number of aliphatic hydroxyl groups is 1. The van der Waals surface area contributed by atoms with Crippen LogP contribution in [0, 0.1) is 0 Å². The molecule has 5 N–H and O–H groups in total. The van der Waals surface area contributed by atoms with Gasteiger partial charge >= 0.3 is 65.5 Å². The van der Waals surface area contributed by atoms with Crippen molar-refractivity contribution in [2.45, 2.75) is 11.0 Å². The fourth-order valence-electron chi connectivity index (χ4n) is 0.228. The second-order valence-electron chi connectivity index (χ2n) is 1.53. The molecule has 9 heavy (non-hydrogen) atoms. The quantitative estimate of drug-likeness (QED) is 0.0983. The molecule has 0 aromatic heterocycles. The van der Waals surface area contributed by atoms with Crippen LogP contribution in [0.4, 0.5) is 0 Å². The summed E-state index contributed by atoms with van der Waals surface area (Å²) in [6.07, 6.45) is 0. The van der Waals surface area contributed by atoms with Gasteiger partial charge in [-0.1, -0.05) is 0 Å². The molecule has 1 unspecified atom stereocenters. The van der Waals surface area contributed by atoms with Crippen LogP contribution in [0.1, 0.15) is 6.92 Å². The molecule has 0 aromatic carbocycles.